The summed E-state index contributed by atoms with van der Waals surface area (Å²) in [6.07, 6.45) is 0. The molecule has 0 saturated carbocycles. The molecule has 0 fully saturated rings. The fourth-order valence-corrected chi connectivity index (χ4v) is 5.34. The van der Waals surface area contributed by atoms with Crippen LogP contribution in [0.15, 0.2) is 12.1 Å². The van der Waals surface area contributed by atoms with E-state index in [9.17, 15) is 19.3 Å². The van der Waals surface area contributed by atoms with Crippen molar-refractivity contribution in [2.45, 2.75) is 27.7 Å². The van der Waals surface area contributed by atoms with Crippen LogP contribution in [-0.2, 0) is 27.2 Å². The highest BCUT2D eigenvalue weighted by Gasteiger charge is 2.37. The van der Waals surface area contributed by atoms with E-state index in [1.165, 1.54) is 12.1 Å². The third-order valence-electron chi connectivity index (χ3n) is 2.89. The van der Waals surface area contributed by atoms with Crippen molar-refractivity contribution in [1.82, 2.24) is 0 Å². The van der Waals surface area contributed by atoms with Crippen molar-refractivity contribution in [3.8, 4) is 11.5 Å². The molecule has 24 heavy (non-hydrogen) atoms. The molecule has 0 amide bonds. The van der Waals surface area contributed by atoms with Crippen molar-refractivity contribution in [2.24, 2.45) is 0 Å². The molecule has 0 atom stereocenters. The number of hydrogen-bond donors (Lipinski definition) is 2. The summed E-state index contributed by atoms with van der Waals surface area (Å²) in [5, 5.41) is 20.1. The molecular formula is C14H24O8P2. The second kappa shape index (κ2) is 8.99. The number of aromatic hydroxyl groups is 2. The Kier molecular flexibility index (Phi) is 7.93. The van der Waals surface area contributed by atoms with Gasteiger partial charge in [0.05, 0.1) is 26.4 Å². The van der Waals surface area contributed by atoms with Gasteiger partial charge < -0.3 is 28.3 Å². The predicted molar refractivity (Wildman–Crippen MR) is 90.8 cm³/mol. The molecule has 10 heteroatoms. The van der Waals surface area contributed by atoms with Crippen LogP contribution in [0.2, 0.25) is 0 Å². The summed E-state index contributed by atoms with van der Waals surface area (Å²) in [5.41, 5.74) is 0. The van der Waals surface area contributed by atoms with Gasteiger partial charge in [-0.05, 0) is 39.8 Å². The van der Waals surface area contributed by atoms with E-state index in [1.807, 2.05) is 0 Å². The van der Waals surface area contributed by atoms with Crippen LogP contribution in [0.3, 0.4) is 0 Å². The molecule has 8 nitrogen and oxygen atoms in total. The molecule has 2 N–H and O–H groups in total. The van der Waals surface area contributed by atoms with E-state index in [4.69, 9.17) is 18.1 Å². The van der Waals surface area contributed by atoms with Gasteiger partial charge in [-0.1, -0.05) is 0 Å². The van der Waals surface area contributed by atoms with Gasteiger partial charge >= 0.3 is 15.2 Å². The highest BCUT2D eigenvalue weighted by atomic mass is 31.2. The lowest BCUT2D eigenvalue weighted by Gasteiger charge is -2.22. The number of hydrogen-bond acceptors (Lipinski definition) is 8. The second-order valence-corrected chi connectivity index (χ2v) is 8.45. The summed E-state index contributed by atoms with van der Waals surface area (Å²) < 4.78 is 46.1. The minimum atomic E-state index is -3.82. The van der Waals surface area contributed by atoms with Crippen LogP contribution < -0.4 is 10.6 Å². The molecule has 0 aromatic heterocycles. The summed E-state index contributed by atoms with van der Waals surface area (Å²) in [5.74, 6) is -1.48. The van der Waals surface area contributed by atoms with Gasteiger partial charge in [0, 0.05) is 0 Å². The summed E-state index contributed by atoms with van der Waals surface area (Å²) in [6.45, 7) is 6.80. The van der Waals surface area contributed by atoms with E-state index in [0.717, 1.165) is 0 Å². The first-order valence-corrected chi connectivity index (χ1v) is 10.7. The summed E-state index contributed by atoms with van der Waals surface area (Å²) in [6, 6.07) is 2.45. The molecule has 0 spiro atoms. The highest BCUT2D eigenvalue weighted by molar-refractivity contribution is 7.63. The van der Waals surface area contributed by atoms with E-state index in [1.54, 1.807) is 27.7 Å². The van der Waals surface area contributed by atoms with Gasteiger partial charge in [0.1, 0.15) is 10.6 Å². The van der Waals surface area contributed by atoms with Gasteiger partial charge in [-0.2, -0.15) is 0 Å². The zero-order valence-corrected chi connectivity index (χ0v) is 16.0. The fourth-order valence-electron chi connectivity index (χ4n) is 2.03. The SMILES string of the molecule is CCOP(=O)(OCC)c1ccc(P(=O)(OCC)OCC)c(O)c1O. The Morgan fingerprint density at radius 2 is 0.958 bits per heavy atom. The Labute approximate surface area is 141 Å². The van der Waals surface area contributed by atoms with Gasteiger partial charge in [-0.15, -0.1) is 0 Å². The maximum absolute atomic E-state index is 12.8. The maximum atomic E-state index is 12.8. The molecule has 0 radical (unpaired) electrons. The van der Waals surface area contributed by atoms with Crippen LogP contribution in [0.25, 0.3) is 0 Å². The van der Waals surface area contributed by atoms with Gasteiger partial charge in [0.2, 0.25) is 0 Å². The molecular weight excluding hydrogens is 358 g/mol. The summed E-state index contributed by atoms with van der Waals surface area (Å²) in [4.78, 5) is 0. The maximum Gasteiger partial charge on any atom is 0.365 e. The lowest BCUT2D eigenvalue weighted by molar-refractivity contribution is 0.227. The van der Waals surface area contributed by atoms with Crippen LogP contribution in [-0.4, -0.2) is 36.6 Å². The molecule has 0 unspecified atom stereocenters. The largest absolute Gasteiger partial charge is 0.504 e. The van der Waals surface area contributed by atoms with E-state index in [2.05, 4.69) is 0 Å². The number of benzene rings is 1. The smallest absolute Gasteiger partial charge is 0.365 e. The number of phenols is 2. The monoisotopic (exact) mass is 382 g/mol. The highest BCUT2D eigenvalue weighted by Crippen LogP contribution is 2.54. The molecule has 0 bridgehead atoms. The Balaban J connectivity index is 3.46. The third-order valence-corrected chi connectivity index (χ3v) is 7.19. The Bertz CT molecular complexity index is 571. The first-order chi connectivity index (χ1) is 11.3. The first-order valence-electron chi connectivity index (χ1n) is 7.63. The van der Waals surface area contributed by atoms with Gasteiger partial charge in [-0.3, -0.25) is 9.13 Å². The Morgan fingerprint density at radius 1 is 0.708 bits per heavy atom. The number of phenolic OH excluding ortho intramolecular Hbond substituents is 2. The predicted octanol–water partition coefficient (Wildman–Crippen LogP) is 2.88. The fraction of sp³-hybridized carbons (Fsp3) is 0.571. The zero-order valence-electron chi connectivity index (χ0n) is 14.2. The average molecular weight is 382 g/mol. The molecule has 1 aromatic rings. The number of rotatable bonds is 10. The van der Waals surface area contributed by atoms with Crippen LogP contribution in [0, 0.1) is 0 Å². The lowest BCUT2D eigenvalue weighted by Crippen LogP contribution is -2.17. The van der Waals surface area contributed by atoms with E-state index in [0.29, 0.717) is 0 Å². The van der Waals surface area contributed by atoms with Crippen LogP contribution in [0.4, 0.5) is 0 Å². The second-order valence-electron chi connectivity index (χ2n) is 4.47. The normalized spacial score (nSPS) is 12.5. The average Bonchev–Trinajstić information content (AvgIpc) is 2.50. The van der Waals surface area contributed by atoms with Gasteiger partial charge in [0.15, 0.2) is 11.5 Å². The van der Waals surface area contributed by atoms with E-state index >= 15 is 0 Å². The molecule has 1 rings (SSSR count). The van der Waals surface area contributed by atoms with Gasteiger partial charge in [-0.25, -0.2) is 0 Å². The molecule has 1 aromatic carbocycles. The van der Waals surface area contributed by atoms with Crippen molar-refractivity contribution in [1.29, 1.82) is 0 Å². The molecule has 0 saturated heterocycles. The molecule has 0 heterocycles. The van der Waals surface area contributed by atoms with Crippen LogP contribution >= 0.6 is 15.2 Å². The molecule has 0 aliphatic carbocycles. The van der Waals surface area contributed by atoms with E-state index < -0.39 is 26.7 Å². The zero-order chi connectivity index (χ0) is 18.4. The van der Waals surface area contributed by atoms with Gasteiger partial charge in [0.25, 0.3) is 0 Å². The van der Waals surface area contributed by atoms with Crippen LogP contribution in [0.1, 0.15) is 27.7 Å². The quantitative estimate of drug-likeness (QED) is 0.469. The first kappa shape index (κ1) is 21.2. The standard InChI is InChI=1S/C14H24O8P2/c1-5-19-23(17,20-6-2)11-9-10-12(14(16)13(11)15)24(18,21-7-3)22-8-4/h9-10,15-16H,5-8H2,1-4H3. The molecule has 138 valence electrons. The minimum Gasteiger partial charge on any atom is -0.504 e. The lowest BCUT2D eigenvalue weighted by atomic mass is 10.3. The van der Waals surface area contributed by atoms with Crippen molar-refractivity contribution >= 4 is 25.8 Å². The van der Waals surface area contributed by atoms with Crippen molar-refractivity contribution < 1.29 is 37.4 Å². The summed E-state index contributed by atoms with van der Waals surface area (Å²) in [7, 11) is -7.64. The van der Waals surface area contributed by atoms with Crippen LogP contribution in [0.5, 0.6) is 11.5 Å². The summed E-state index contributed by atoms with van der Waals surface area (Å²) >= 11 is 0. The third kappa shape index (κ3) is 4.39. The molecule has 0 aliphatic heterocycles. The van der Waals surface area contributed by atoms with Crippen molar-refractivity contribution in [2.75, 3.05) is 26.4 Å². The van der Waals surface area contributed by atoms with Crippen molar-refractivity contribution in [3.05, 3.63) is 12.1 Å². The Morgan fingerprint density at radius 3 is 1.17 bits per heavy atom. The topological polar surface area (TPSA) is 112 Å². The van der Waals surface area contributed by atoms with Crippen molar-refractivity contribution in [3.63, 3.8) is 0 Å². The molecule has 0 aliphatic rings. The minimum absolute atomic E-state index is 0.0790. The Hall–Kier alpha value is -0.880. The van der Waals surface area contributed by atoms with E-state index in [-0.39, 0.29) is 37.0 Å².